The molecule has 2 unspecified atom stereocenters. The van der Waals surface area contributed by atoms with Crippen LogP contribution in [0.3, 0.4) is 0 Å². The molecule has 1 aliphatic heterocycles. The zero-order valence-corrected chi connectivity index (χ0v) is 17.1. The number of hydrogen-bond donors (Lipinski definition) is 0. The summed E-state index contributed by atoms with van der Waals surface area (Å²) in [5.41, 5.74) is -7.80. The van der Waals surface area contributed by atoms with Crippen LogP contribution in [0.15, 0.2) is 36.4 Å². The maximum absolute atomic E-state index is 13.2. The lowest BCUT2D eigenvalue weighted by atomic mass is 9.93. The van der Waals surface area contributed by atoms with Gasteiger partial charge in [-0.3, -0.25) is 0 Å². The van der Waals surface area contributed by atoms with E-state index in [-0.39, 0.29) is 25.3 Å². The Bertz CT molecular complexity index is 902. The van der Waals surface area contributed by atoms with Gasteiger partial charge in [0.2, 0.25) is 0 Å². The van der Waals surface area contributed by atoms with Gasteiger partial charge >= 0.3 is 24.7 Å². The molecule has 0 aromatic heterocycles. The highest BCUT2D eigenvalue weighted by Gasteiger charge is 2.40. The summed E-state index contributed by atoms with van der Waals surface area (Å²) in [7, 11) is 0. The van der Waals surface area contributed by atoms with Crippen molar-refractivity contribution in [3.8, 4) is 0 Å². The van der Waals surface area contributed by atoms with E-state index < -0.39 is 76.7 Å². The van der Waals surface area contributed by atoms with Gasteiger partial charge in [-0.1, -0.05) is 0 Å². The third kappa shape index (κ3) is 6.60. The molecule has 0 N–H and O–H groups in total. The van der Waals surface area contributed by atoms with Crippen molar-refractivity contribution in [2.75, 3.05) is 13.2 Å². The predicted octanol–water partition coefficient (Wildman–Crippen LogP) is 7.98. The van der Waals surface area contributed by atoms with E-state index in [1.54, 1.807) is 0 Å². The summed E-state index contributed by atoms with van der Waals surface area (Å²) >= 11 is 0. The SMILES string of the molecule is FC(F)(F)c1cc(C2CC(c3cc(C(F)(F)F)cc(C(F)(F)F)c3)OCCO2)cc(C(F)(F)F)c1. The van der Waals surface area contributed by atoms with Crippen molar-refractivity contribution in [2.45, 2.75) is 43.3 Å². The van der Waals surface area contributed by atoms with E-state index in [4.69, 9.17) is 9.47 Å². The molecule has 194 valence electrons. The number of rotatable bonds is 2. The number of benzene rings is 2. The Morgan fingerprint density at radius 1 is 0.457 bits per heavy atom. The lowest BCUT2D eigenvalue weighted by molar-refractivity contribution is -0.144. The molecule has 1 aliphatic rings. The Morgan fingerprint density at radius 2 is 0.714 bits per heavy atom. The van der Waals surface area contributed by atoms with Crippen molar-refractivity contribution in [3.05, 3.63) is 69.8 Å². The fourth-order valence-corrected chi connectivity index (χ4v) is 3.51. The molecule has 3 rings (SSSR count). The quantitative estimate of drug-likeness (QED) is 0.370. The smallest absolute Gasteiger partial charge is 0.371 e. The average molecular weight is 526 g/mol. The molecule has 0 saturated carbocycles. The van der Waals surface area contributed by atoms with Crippen LogP contribution in [-0.2, 0) is 34.2 Å². The molecular formula is C21H14F12O2. The van der Waals surface area contributed by atoms with E-state index in [0.717, 1.165) is 0 Å². The van der Waals surface area contributed by atoms with Crippen LogP contribution >= 0.6 is 0 Å². The fourth-order valence-electron chi connectivity index (χ4n) is 3.51. The van der Waals surface area contributed by atoms with Crippen molar-refractivity contribution in [3.63, 3.8) is 0 Å². The van der Waals surface area contributed by atoms with Crippen molar-refractivity contribution >= 4 is 0 Å². The standard InChI is InChI=1S/C21H14F12O2/c22-18(23,24)12-3-10(4-13(7-12)19(25,26)27)16-9-17(35-2-1-34-16)11-5-14(20(28,29)30)8-15(6-11)21(31,32)33/h3-8,16-17H,1-2,9H2. The first kappa shape index (κ1) is 27.1. The fraction of sp³-hybridized carbons (Fsp3) is 0.429. The van der Waals surface area contributed by atoms with Crippen LogP contribution in [0, 0.1) is 0 Å². The lowest BCUT2D eigenvalue weighted by Crippen LogP contribution is -2.16. The molecule has 0 aliphatic carbocycles. The van der Waals surface area contributed by atoms with E-state index in [2.05, 4.69) is 0 Å². The molecule has 14 heteroatoms. The van der Waals surface area contributed by atoms with Gasteiger partial charge in [0, 0.05) is 6.42 Å². The van der Waals surface area contributed by atoms with Crippen LogP contribution in [0.5, 0.6) is 0 Å². The average Bonchev–Trinajstić information content (AvgIpc) is 2.97. The monoisotopic (exact) mass is 526 g/mol. The van der Waals surface area contributed by atoms with Gasteiger partial charge in [-0.15, -0.1) is 0 Å². The maximum atomic E-state index is 13.2. The summed E-state index contributed by atoms with van der Waals surface area (Å²) in [5, 5.41) is 0. The Labute approximate surface area is 189 Å². The molecule has 0 amide bonds. The van der Waals surface area contributed by atoms with Crippen LogP contribution in [0.2, 0.25) is 0 Å². The normalized spacial score (nSPS) is 20.6. The molecule has 0 spiro atoms. The van der Waals surface area contributed by atoms with Gasteiger partial charge in [-0.25, -0.2) is 0 Å². The molecule has 2 aromatic rings. The van der Waals surface area contributed by atoms with Gasteiger partial charge in [0.1, 0.15) is 0 Å². The minimum atomic E-state index is -5.17. The first-order valence-corrected chi connectivity index (χ1v) is 9.67. The summed E-state index contributed by atoms with van der Waals surface area (Å²) < 4.78 is 169. The molecule has 2 atom stereocenters. The molecule has 1 saturated heterocycles. The van der Waals surface area contributed by atoms with E-state index in [0.29, 0.717) is 24.3 Å². The molecule has 2 aromatic carbocycles. The van der Waals surface area contributed by atoms with Gasteiger partial charge in [-0.05, 0) is 47.5 Å². The van der Waals surface area contributed by atoms with Gasteiger partial charge in [0.25, 0.3) is 0 Å². The predicted molar refractivity (Wildman–Crippen MR) is 94.9 cm³/mol. The van der Waals surface area contributed by atoms with Crippen LogP contribution in [0.4, 0.5) is 52.7 Å². The lowest BCUT2D eigenvalue weighted by Gasteiger charge is -2.23. The third-order valence-electron chi connectivity index (χ3n) is 5.11. The molecule has 0 bridgehead atoms. The first-order valence-electron chi connectivity index (χ1n) is 9.67. The molecule has 0 radical (unpaired) electrons. The van der Waals surface area contributed by atoms with Gasteiger partial charge in [-0.2, -0.15) is 52.7 Å². The van der Waals surface area contributed by atoms with Crippen LogP contribution in [0.1, 0.15) is 52.0 Å². The zero-order valence-electron chi connectivity index (χ0n) is 17.1. The molecule has 1 fully saturated rings. The van der Waals surface area contributed by atoms with Crippen LogP contribution < -0.4 is 0 Å². The van der Waals surface area contributed by atoms with Gasteiger partial charge < -0.3 is 9.47 Å². The summed E-state index contributed by atoms with van der Waals surface area (Å²) in [4.78, 5) is 0. The van der Waals surface area contributed by atoms with Gasteiger partial charge in [0.15, 0.2) is 0 Å². The van der Waals surface area contributed by atoms with E-state index >= 15 is 0 Å². The Morgan fingerprint density at radius 3 is 0.943 bits per heavy atom. The largest absolute Gasteiger partial charge is 0.416 e. The van der Waals surface area contributed by atoms with E-state index in [9.17, 15) is 52.7 Å². The molecule has 2 nitrogen and oxygen atoms in total. The second-order valence-corrected chi connectivity index (χ2v) is 7.63. The first-order chi connectivity index (χ1) is 15.9. The zero-order chi connectivity index (χ0) is 26.4. The minimum Gasteiger partial charge on any atom is -0.371 e. The van der Waals surface area contributed by atoms with E-state index in [1.807, 2.05) is 0 Å². The highest BCUT2D eigenvalue weighted by molar-refractivity contribution is 5.37. The summed E-state index contributed by atoms with van der Waals surface area (Å²) in [5.74, 6) is 0. The summed E-state index contributed by atoms with van der Waals surface area (Å²) in [6.45, 7) is -0.770. The number of hydrogen-bond acceptors (Lipinski definition) is 2. The van der Waals surface area contributed by atoms with Crippen LogP contribution in [0.25, 0.3) is 0 Å². The minimum absolute atomic E-state index is 0.114. The second-order valence-electron chi connectivity index (χ2n) is 7.63. The van der Waals surface area contributed by atoms with Crippen molar-refractivity contribution in [1.82, 2.24) is 0 Å². The highest BCUT2D eigenvalue weighted by Crippen LogP contribution is 2.43. The van der Waals surface area contributed by atoms with Crippen molar-refractivity contribution in [2.24, 2.45) is 0 Å². The molecule has 35 heavy (non-hydrogen) atoms. The number of ether oxygens (including phenoxy) is 2. The maximum Gasteiger partial charge on any atom is 0.416 e. The van der Waals surface area contributed by atoms with Crippen LogP contribution in [-0.4, -0.2) is 13.2 Å². The third-order valence-corrected chi connectivity index (χ3v) is 5.11. The highest BCUT2D eigenvalue weighted by atomic mass is 19.4. The summed E-state index contributed by atoms with van der Waals surface area (Å²) in [6, 6.07) is 1.31. The Kier molecular flexibility index (Phi) is 7.12. The van der Waals surface area contributed by atoms with Gasteiger partial charge in [0.05, 0.1) is 47.7 Å². The topological polar surface area (TPSA) is 18.5 Å². The molecular weight excluding hydrogens is 512 g/mol. The Balaban J connectivity index is 2.06. The van der Waals surface area contributed by atoms with Crippen molar-refractivity contribution < 1.29 is 62.2 Å². The Hall–Kier alpha value is -2.48. The van der Waals surface area contributed by atoms with E-state index in [1.165, 1.54) is 0 Å². The summed E-state index contributed by atoms with van der Waals surface area (Å²) in [6.07, 6.45) is -24.4. The number of halogens is 12. The molecule has 1 heterocycles. The second kappa shape index (κ2) is 9.19. The number of alkyl halides is 12. The van der Waals surface area contributed by atoms with Crippen molar-refractivity contribution in [1.29, 1.82) is 0 Å².